The number of benzene rings is 1. The Kier molecular flexibility index (Phi) is 4.66. The average Bonchev–Trinajstić information content (AvgIpc) is 2.43. The summed E-state index contributed by atoms with van der Waals surface area (Å²) in [6, 6.07) is 10.3. The summed E-state index contributed by atoms with van der Waals surface area (Å²) in [4.78, 5) is 25.7. The second-order valence-electron chi connectivity index (χ2n) is 6.40. The molecule has 21 heavy (non-hydrogen) atoms. The largest absolute Gasteiger partial charge is 0.352 e. The molecule has 0 saturated carbocycles. The van der Waals surface area contributed by atoms with Crippen molar-refractivity contribution in [2.75, 3.05) is 13.1 Å². The Labute approximate surface area is 126 Å². The molecule has 0 spiro atoms. The number of rotatable bonds is 4. The number of hydrogen-bond donors (Lipinski definition) is 1. The standard InChI is InChI=1S/C17H24N2O2/c1-13(2)18-15(20)11-19-12-17(3,10-9-16(19)21)14-7-5-4-6-8-14/h4-8,13H,9-12H2,1-3H3,(H,18,20)/t17-/m1/s1. The molecule has 114 valence electrons. The monoisotopic (exact) mass is 288 g/mol. The predicted octanol–water partition coefficient (Wildman–Crippen LogP) is 2.09. The lowest BCUT2D eigenvalue weighted by Gasteiger charge is -2.40. The predicted molar refractivity (Wildman–Crippen MR) is 82.9 cm³/mol. The number of carbonyl (C=O) groups is 2. The van der Waals surface area contributed by atoms with E-state index in [1.807, 2.05) is 32.0 Å². The highest BCUT2D eigenvalue weighted by molar-refractivity contribution is 5.85. The topological polar surface area (TPSA) is 49.4 Å². The van der Waals surface area contributed by atoms with Gasteiger partial charge in [-0.1, -0.05) is 37.3 Å². The van der Waals surface area contributed by atoms with E-state index in [-0.39, 0.29) is 29.8 Å². The van der Waals surface area contributed by atoms with E-state index in [1.54, 1.807) is 4.90 Å². The van der Waals surface area contributed by atoms with Gasteiger partial charge in [0, 0.05) is 24.4 Å². The van der Waals surface area contributed by atoms with Gasteiger partial charge in [0.2, 0.25) is 11.8 Å². The molecular weight excluding hydrogens is 264 g/mol. The Balaban J connectivity index is 2.09. The summed E-state index contributed by atoms with van der Waals surface area (Å²) >= 11 is 0. The summed E-state index contributed by atoms with van der Waals surface area (Å²) in [5.74, 6) is -0.0158. The molecule has 4 heteroatoms. The lowest BCUT2D eigenvalue weighted by molar-refractivity contribution is -0.139. The summed E-state index contributed by atoms with van der Waals surface area (Å²) in [6.45, 7) is 6.76. The van der Waals surface area contributed by atoms with Crippen molar-refractivity contribution in [3.63, 3.8) is 0 Å². The van der Waals surface area contributed by atoms with Crippen LogP contribution in [0.1, 0.15) is 39.2 Å². The van der Waals surface area contributed by atoms with Crippen LogP contribution in [0.5, 0.6) is 0 Å². The third kappa shape index (κ3) is 3.84. The number of amides is 2. The zero-order valence-electron chi connectivity index (χ0n) is 13.1. The second-order valence-corrected chi connectivity index (χ2v) is 6.40. The van der Waals surface area contributed by atoms with Gasteiger partial charge in [0.25, 0.3) is 0 Å². The van der Waals surface area contributed by atoms with Crippen molar-refractivity contribution in [3.8, 4) is 0 Å². The van der Waals surface area contributed by atoms with Gasteiger partial charge in [-0.25, -0.2) is 0 Å². The van der Waals surface area contributed by atoms with Gasteiger partial charge in [0.1, 0.15) is 0 Å². The van der Waals surface area contributed by atoms with Crippen molar-refractivity contribution >= 4 is 11.8 Å². The van der Waals surface area contributed by atoms with Crippen LogP contribution in [0.15, 0.2) is 30.3 Å². The number of hydrogen-bond acceptors (Lipinski definition) is 2. The molecule has 2 amide bonds. The van der Waals surface area contributed by atoms with E-state index in [4.69, 9.17) is 0 Å². The summed E-state index contributed by atoms with van der Waals surface area (Å²) in [6.07, 6.45) is 1.33. The highest BCUT2D eigenvalue weighted by Crippen LogP contribution is 2.33. The molecule has 1 saturated heterocycles. The van der Waals surface area contributed by atoms with E-state index in [2.05, 4.69) is 24.4 Å². The summed E-state index contributed by atoms with van der Waals surface area (Å²) < 4.78 is 0. The van der Waals surface area contributed by atoms with E-state index < -0.39 is 0 Å². The van der Waals surface area contributed by atoms with Crippen LogP contribution in [0.3, 0.4) is 0 Å². The minimum absolute atomic E-state index is 0.0716. The number of likely N-dealkylation sites (tertiary alicyclic amines) is 1. The minimum atomic E-state index is -0.0874. The van der Waals surface area contributed by atoms with Gasteiger partial charge in [-0.05, 0) is 25.8 Å². The summed E-state index contributed by atoms with van der Waals surface area (Å²) in [7, 11) is 0. The smallest absolute Gasteiger partial charge is 0.239 e. The van der Waals surface area contributed by atoms with Crippen molar-refractivity contribution in [1.82, 2.24) is 10.2 Å². The molecule has 0 aliphatic carbocycles. The highest BCUT2D eigenvalue weighted by Gasteiger charge is 2.36. The van der Waals surface area contributed by atoms with Gasteiger partial charge in [-0.15, -0.1) is 0 Å². The van der Waals surface area contributed by atoms with E-state index >= 15 is 0 Å². The van der Waals surface area contributed by atoms with Gasteiger partial charge in [0.05, 0.1) is 6.54 Å². The quantitative estimate of drug-likeness (QED) is 0.922. The molecule has 1 aliphatic heterocycles. The molecule has 4 nitrogen and oxygen atoms in total. The first-order valence-corrected chi connectivity index (χ1v) is 7.53. The molecule has 0 aromatic heterocycles. The van der Waals surface area contributed by atoms with Crippen LogP contribution in [0.25, 0.3) is 0 Å². The number of carbonyl (C=O) groups excluding carboxylic acids is 2. The summed E-state index contributed by atoms with van der Waals surface area (Å²) in [5.41, 5.74) is 1.15. The highest BCUT2D eigenvalue weighted by atomic mass is 16.2. The van der Waals surface area contributed by atoms with E-state index in [0.717, 1.165) is 6.42 Å². The van der Waals surface area contributed by atoms with Gasteiger partial charge in [-0.2, -0.15) is 0 Å². The first-order valence-electron chi connectivity index (χ1n) is 7.53. The number of nitrogens with one attached hydrogen (secondary N) is 1. The molecule has 2 rings (SSSR count). The van der Waals surface area contributed by atoms with Crippen LogP contribution in [0, 0.1) is 0 Å². The van der Waals surface area contributed by atoms with Crippen molar-refractivity contribution in [2.45, 2.75) is 45.1 Å². The number of piperidine rings is 1. The molecular formula is C17H24N2O2. The van der Waals surface area contributed by atoms with Crippen molar-refractivity contribution < 1.29 is 9.59 Å². The van der Waals surface area contributed by atoms with Crippen molar-refractivity contribution in [2.24, 2.45) is 0 Å². The molecule has 0 radical (unpaired) electrons. The second kappa shape index (κ2) is 6.29. The maximum Gasteiger partial charge on any atom is 0.239 e. The van der Waals surface area contributed by atoms with Crippen LogP contribution in [-0.4, -0.2) is 35.8 Å². The molecule has 0 unspecified atom stereocenters. The Hall–Kier alpha value is -1.84. The van der Waals surface area contributed by atoms with Crippen molar-refractivity contribution in [1.29, 1.82) is 0 Å². The molecule has 1 aromatic carbocycles. The molecule has 0 bridgehead atoms. The van der Waals surface area contributed by atoms with Crippen LogP contribution in [-0.2, 0) is 15.0 Å². The number of nitrogens with zero attached hydrogens (tertiary/aromatic N) is 1. The molecule has 1 aliphatic rings. The van der Waals surface area contributed by atoms with E-state index in [0.29, 0.717) is 13.0 Å². The maximum atomic E-state index is 12.1. The van der Waals surface area contributed by atoms with Crippen LogP contribution in [0.2, 0.25) is 0 Å². The lowest BCUT2D eigenvalue weighted by Crippen LogP contribution is -2.51. The van der Waals surface area contributed by atoms with Gasteiger partial charge < -0.3 is 10.2 Å². The lowest BCUT2D eigenvalue weighted by atomic mass is 9.75. The van der Waals surface area contributed by atoms with E-state index in [1.165, 1.54) is 5.56 Å². The van der Waals surface area contributed by atoms with Gasteiger partial charge in [-0.3, -0.25) is 9.59 Å². The van der Waals surface area contributed by atoms with Crippen LogP contribution in [0.4, 0.5) is 0 Å². The van der Waals surface area contributed by atoms with E-state index in [9.17, 15) is 9.59 Å². The third-order valence-electron chi connectivity index (χ3n) is 4.04. The normalized spacial score (nSPS) is 22.5. The Morgan fingerprint density at radius 1 is 1.33 bits per heavy atom. The fourth-order valence-electron chi connectivity index (χ4n) is 2.89. The van der Waals surface area contributed by atoms with Crippen LogP contribution >= 0.6 is 0 Å². The third-order valence-corrected chi connectivity index (χ3v) is 4.04. The molecule has 1 N–H and O–H groups in total. The summed E-state index contributed by atoms with van der Waals surface area (Å²) in [5, 5.41) is 2.84. The first-order chi connectivity index (χ1) is 9.90. The Morgan fingerprint density at radius 2 is 2.00 bits per heavy atom. The Morgan fingerprint density at radius 3 is 2.62 bits per heavy atom. The first kappa shape index (κ1) is 15.5. The van der Waals surface area contributed by atoms with Gasteiger partial charge in [0.15, 0.2) is 0 Å². The van der Waals surface area contributed by atoms with Gasteiger partial charge >= 0.3 is 0 Å². The SMILES string of the molecule is CC(C)NC(=O)CN1C[C@](C)(c2ccccc2)CCC1=O. The average molecular weight is 288 g/mol. The fraction of sp³-hybridized carbons (Fsp3) is 0.529. The molecule has 1 atom stereocenters. The fourth-order valence-corrected chi connectivity index (χ4v) is 2.89. The zero-order valence-corrected chi connectivity index (χ0v) is 13.1. The maximum absolute atomic E-state index is 12.1. The van der Waals surface area contributed by atoms with Crippen molar-refractivity contribution in [3.05, 3.63) is 35.9 Å². The van der Waals surface area contributed by atoms with Crippen LogP contribution < -0.4 is 5.32 Å². The molecule has 1 fully saturated rings. The minimum Gasteiger partial charge on any atom is -0.352 e. The molecule has 1 aromatic rings. The molecule has 1 heterocycles. The Bertz CT molecular complexity index is 513. The zero-order chi connectivity index (χ0) is 15.5.